The molecule has 130 valence electrons. The zero-order chi connectivity index (χ0) is 18.1. The van der Waals surface area contributed by atoms with Crippen molar-refractivity contribution >= 4 is 46.8 Å². The van der Waals surface area contributed by atoms with Crippen molar-refractivity contribution < 1.29 is 14.9 Å². The number of methoxy groups -OCH3 is 1. The van der Waals surface area contributed by atoms with Crippen LogP contribution in [0.25, 0.3) is 21.9 Å². The third-order valence-electron chi connectivity index (χ3n) is 4.36. The third-order valence-corrected chi connectivity index (χ3v) is 5.31. The van der Waals surface area contributed by atoms with Crippen LogP contribution in [-0.2, 0) is 0 Å². The van der Waals surface area contributed by atoms with Gasteiger partial charge in [-0.1, -0.05) is 12.1 Å². The second-order valence-electron chi connectivity index (χ2n) is 5.82. The largest absolute Gasteiger partial charge is 0.507 e. The molecule has 0 unspecified atom stereocenters. The lowest BCUT2D eigenvalue weighted by atomic mass is 9.91. The van der Waals surface area contributed by atoms with Crippen molar-refractivity contribution in [3.63, 3.8) is 0 Å². The van der Waals surface area contributed by atoms with Gasteiger partial charge in [0.1, 0.15) is 17.2 Å². The lowest BCUT2D eigenvalue weighted by molar-refractivity contribution is 0.415. The fraction of sp³-hybridized carbons (Fsp3) is 0.158. The summed E-state index contributed by atoms with van der Waals surface area (Å²) in [5, 5.41) is 23.2. The first-order valence-electron chi connectivity index (χ1n) is 7.64. The Morgan fingerprint density at radius 3 is 2.44 bits per heavy atom. The van der Waals surface area contributed by atoms with Crippen LogP contribution in [0, 0.1) is 13.8 Å². The van der Waals surface area contributed by atoms with Crippen molar-refractivity contribution in [3.05, 3.63) is 47.5 Å². The minimum Gasteiger partial charge on any atom is -0.507 e. The molecule has 0 amide bonds. The molecule has 0 spiro atoms. The molecule has 3 aromatic rings. The van der Waals surface area contributed by atoms with Crippen LogP contribution in [0.4, 0.5) is 5.69 Å². The Kier molecular flexibility index (Phi) is 5.19. The van der Waals surface area contributed by atoms with Gasteiger partial charge in [0.15, 0.2) is 0 Å². The summed E-state index contributed by atoms with van der Waals surface area (Å²) in [6.07, 6.45) is 0. The summed E-state index contributed by atoms with van der Waals surface area (Å²) in [6.45, 7) is 3.78. The van der Waals surface area contributed by atoms with Gasteiger partial charge < -0.3 is 19.7 Å². The van der Waals surface area contributed by atoms with E-state index in [1.807, 2.05) is 44.2 Å². The Balaban J connectivity index is 2.42. The predicted molar refractivity (Wildman–Crippen MR) is 114 cm³/mol. The number of hydrogen-bond donors (Lipinski definition) is 3. The van der Waals surface area contributed by atoms with Gasteiger partial charge in [-0.15, -0.1) is 0 Å². The standard InChI is InChI=1S/C19H18INO3S/c1-10-8-15(21-25-20)11(2)17(19(10)23)18-14-9-13(24-3)6-4-12(14)5-7-16(18)22/h4-9,21-23H,1-3H3. The maximum absolute atomic E-state index is 10.8. The molecule has 0 aliphatic carbocycles. The minimum atomic E-state index is 0.123. The number of aromatic hydroxyl groups is 2. The van der Waals surface area contributed by atoms with Gasteiger partial charge >= 0.3 is 0 Å². The van der Waals surface area contributed by atoms with Crippen LogP contribution in [0.5, 0.6) is 17.2 Å². The Labute approximate surface area is 162 Å². The molecule has 3 rings (SSSR count). The van der Waals surface area contributed by atoms with E-state index in [9.17, 15) is 10.2 Å². The Morgan fingerprint density at radius 2 is 1.76 bits per heavy atom. The van der Waals surface area contributed by atoms with Gasteiger partial charge in [0.25, 0.3) is 0 Å². The van der Waals surface area contributed by atoms with Crippen molar-refractivity contribution in [2.75, 3.05) is 11.8 Å². The molecule has 0 saturated heterocycles. The average molecular weight is 467 g/mol. The predicted octanol–water partition coefficient (Wildman–Crippen LogP) is 5.95. The van der Waals surface area contributed by atoms with Crippen molar-refractivity contribution in [1.29, 1.82) is 0 Å². The zero-order valence-electron chi connectivity index (χ0n) is 14.1. The van der Waals surface area contributed by atoms with Crippen molar-refractivity contribution in [2.24, 2.45) is 0 Å². The molecule has 0 saturated carbocycles. The molecule has 0 aliphatic heterocycles. The van der Waals surface area contributed by atoms with Gasteiger partial charge in [-0.25, -0.2) is 0 Å². The van der Waals surface area contributed by atoms with E-state index >= 15 is 0 Å². The van der Waals surface area contributed by atoms with Gasteiger partial charge in [-0.2, -0.15) is 0 Å². The van der Waals surface area contributed by atoms with Gasteiger partial charge in [0.05, 0.1) is 7.11 Å². The maximum Gasteiger partial charge on any atom is 0.126 e. The molecular formula is C19H18INO3S. The molecule has 4 nitrogen and oxygen atoms in total. The Hall–Kier alpha value is -1.80. The molecule has 6 heteroatoms. The molecule has 0 fully saturated rings. The molecule has 0 radical (unpaired) electrons. The molecule has 0 atom stereocenters. The number of nitrogens with one attached hydrogen (secondary N) is 1. The van der Waals surface area contributed by atoms with Crippen molar-refractivity contribution in [2.45, 2.75) is 13.8 Å². The summed E-state index contributed by atoms with van der Waals surface area (Å²) in [5.41, 5.74) is 3.76. The second kappa shape index (κ2) is 7.21. The normalized spacial score (nSPS) is 10.9. The quantitative estimate of drug-likeness (QED) is 0.251. The van der Waals surface area contributed by atoms with Crippen molar-refractivity contribution in [3.8, 4) is 28.4 Å². The summed E-state index contributed by atoms with van der Waals surface area (Å²) >= 11 is 2.16. The van der Waals surface area contributed by atoms with E-state index < -0.39 is 0 Å². The first-order chi connectivity index (χ1) is 12.0. The topological polar surface area (TPSA) is 61.7 Å². The molecule has 0 aromatic heterocycles. The lowest BCUT2D eigenvalue weighted by Crippen LogP contribution is -1.95. The van der Waals surface area contributed by atoms with E-state index in [4.69, 9.17) is 4.74 Å². The third kappa shape index (κ3) is 3.20. The van der Waals surface area contributed by atoms with E-state index in [1.54, 1.807) is 13.2 Å². The van der Waals surface area contributed by atoms with Crippen LogP contribution in [0.15, 0.2) is 36.4 Å². The smallest absolute Gasteiger partial charge is 0.126 e. The van der Waals surface area contributed by atoms with Crippen LogP contribution in [0.3, 0.4) is 0 Å². The van der Waals surface area contributed by atoms with Crippen molar-refractivity contribution in [1.82, 2.24) is 0 Å². The highest BCUT2D eigenvalue weighted by Gasteiger charge is 2.20. The summed E-state index contributed by atoms with van der Waals surface area (Å²) in [4.78, 5) is 0. The molecular weight excluding hydrogens is 449 g/mol. The van der Waals surface area contributed by atoms with Crippen LogP contribution < -0.4 is 9.46 Å². The number of halogens is 1. The monoisotopic (exact) mass is 467 g/mol. The van der Waals surface area contributed by atoms with Crippen LogP contribution in [0.2, 0.25) is 0 Å². The summed E-state index contributed by atoms with van der Waals surface area (Å²) in [7, 11) is 3.07. The van der Waals surface area contributed by atoms with E-state index in [0.29, 0.717) is 16.9 Å². The highest BCUT2D eigenvalue weighted by atomic mass is 127. The molecule has 0 aliphatic rings. The fourth-order valence-corrected chi connectivity index (χ4v) is 4.04. The average Bonchev–Trinajstić information content (AvgIpc) is 2.61. The molecule has 3 N–H and O–H groups in total. The summed E-state index contributed by atoms with van der Waals surface area (Å²) in [6, 6.07) is 11.1. The van der Waals surface area contributed by atoms with E-state index in [0.717, 1.165) is 27.6 Å². The SMILES string of the molecule is COc1ccc2ccc(O)c(-c3c(C)c(NSI)cc(C)c3O)c2c1. The number of fused-ring (bicyclic) bond motifs is 1. The van der Waals surface area contributed by atoms with Gasteiger partial charge in [0, 0.05) is 47.1 Å². The first kappa shape index (κ1) is 18.0. The first-order valence-corrected chi connectivity index (χ1v) is 11.0. The number of rotatable bonds is 4. The van der Waals surface area contributed by atoms with Gasteiger partial charge in [-0.05, 0) is 60.0 Å². The fourth-order valence-electron chi connectivity index (χ4n) is 3.03. The number of aryl methyl sites for hydroxylation is 1. The van der Waals surface area contributed by atoms with Crippen LogP contribution in [-0.4, -0.2) is 17.3 Å². The summed E-state index contributed by atoms with van der Waals surface area (Å²) < 4.78 is 8.57. The molecule has 0 bridgehead atoms. The number of hydrogen-bond acceptors (Lipinski definition) is 5. The number of ether oxygens (including phenoxy) is 1. The minimum absolute atomic E-state index is 0.123. The Morgan fingerprint density at radius 1 is 1.04 bits per heavy atom. The lowest BCUT2D eigenvalue weighted by Gasteiger charge is -2.18. The second-order valence-corrected chi connectivity index (χ2v) is 7.50. The number of phenols is 2. The van der Waals surface area contributed by atoms with Crippen LogP contribution >= 0.6 is 30.3 Å². The zero-order valence-corrected chi connectivity index (χ0v) is 17.0. The van der Waals surface area contributed by atoms with Crippen LogP contribution in [0.1, 0.15) is 11.1 Å². The maximum atomic E-state index is 10.8. The number of benzene rings is 3. The summed E-state index contributed by atoms with van der Waals surface area (Å²) in [5.74, 6) is 0.996. The van der Waals surface area contributed by atoms with E-state index in [-0.39, 0.29) is 11.5 Å². The van der Waals surface area contributed by atoms with E-state index in [1.165, 1.54) is 9.12 Å². The number of phenolic OH excluding ortho intramolecular Hbond substituents is 2. The van der Waals surface area contributed by atoms with E-state index in [2.05, 4.69) is 25.9 Å². The van der Waals surface area contributed by atoms with Gasteiger partial charge in [0.2, 0.25) is 0 Å². The molecule has 25 heavy (non-hydrogen) atoms. The highest BCUT2D eigenvalue weighted by Crippen LogP contribution is 2.46. The molecule has 0 heterocycles. The molecule has 3 aromatic carbocycles. The number of anilines is 1. The van der Waals surface area contributed by atoms with Gasteiger partial charge in [-0.3, -0.25) is 0 Å². The highest BCUT2D eigenvalue weighted by molar-refractivity contribution is 14.2. The Bertz CT molecular complexity index is 959.